The van der Waals surface area contributed by atoms with Crippen LogP contribution < -0.4 is 0 Å². The van der Waals surface area contributed by atoms with Gasteiger partial charge in [0.1, 0.15) is 0 Å². The van der Waals surface area contributed by atoms with Crippen LogP contribution in [-0.2, 0) is 9.53 Å². The fourth-order valence-electron chi connectivity index (χ4n) is 3.30. The van der Waals surface area contributed by atoms with Gasteiger partial charge in [-0.25, -0.2) is 0 Å². The fourth-order valence-corrected chi connectivity index (χ4v) is 3.30. The molecule has 0 aliphatic rings. The molecule has 168 valence electrons. The summed E-state index contributed by atoms with van der Waals surface area (Å²) in [4.78, 5) is 13.0. The highest BCUT2D eigenvalue weighted by atomic mass is 19.4. The zero-order valence-electron chi connectivity index (χ0n) is 17.9. The lowest BCUT2D eigenvalue weighted by Gasteiger charge is -2.49. The molecule has 0 radical (unpaired) electrons. The van der Waals surface area contributed by atoms with Gasteiger partial charge >= 0.3 is 18.3 Å². The molecular formula is C19H32F6O3. The second kappa shape index (κ2) is 7.36. The Labute approximate surface area is 162 Å². The number of hydrogen-bond donors (Lipinski definition) is 1. The van der Waals surface area contributed by atoms with Crippen molar-refractivity contribution in [2.24, 2.45) is 16.2 Å². The molecule has 28 heavy (non-hydrogen) atoms. The first-order valence-electron chi connectivity index (χ1n) is 8.99. The SMILES string of the molecule is CCC(C)(C)C(C)(CC(C)(C)C)C(=O)OC(C)(C)C(O)(C(F)(F)F)C(F)(F)F. The quantitative estimate of drug-likeness (QED) is 0.419. The van der Waals surface area contributed by atoms with Crippen LogP contribution in [0.15, 0.2) is 0 Å². The average molecular weight is 422 g/mol. The number of carbonyl (C=O) groups excluding carboxylic acids is 1. The third-order valence-corrected chi connectivity index (χ3v) is 5.75. The molecule has 9 heteroatoms. The van der Waals surface area contributed by atoms with E-state index in [0.717, 1.165) is 0 Å². The summed E-state index contributed by atoms with van der Waals surface area (Å²) in [6.45, 7) is 12.9. The standard InChI is InChI=1S/C19H32F6O3/c1-10-14(5,6)16(9,11-13(2,3)4)12(26)28-15(7,8)17(27,18(20,21)22)19(23,24)25/h27H,10-11H2,1-9H3. The van der Waals surface area contributed by atoms with Crippen LogP contribution in [0.2, 0.25) is 0 Å². The van der Waals surface area contributed by atoms with Crippen molar-refractivity contribution in [1.82, 2.24) is 0 Å². The predicted molar refractivity (Wildman–Crippen MR) is 93.5 cm³/mol. The van der Waals surface area contributed by atoms with Gasteiger partial charge in [0.05, 0.1) is 5.41 Å². The number of carbonyl (C=O) groups is 1. The highest BCUT2D eigenvalue weighted by Crippen LogP contribution is 2.54. The molecule has 0 saturated carbocycles. The van der Waals surface area contributed by atoms with E-state index in [2.05, 4.69) is 0 Å². The number of ether oxygens (including phenoxy) is 1. The third kappa shape index (κ3) is 4.76. The van der Waals surface area contributed by atoms with Crippen LogP contribution in [0.3, 0.4) is 0 Å². The normalized spacial score (nSPS) is 17.3. The molecular weight excluding hydrogens is 390 g/mol. The van der Waals surface area contributed by atoms with Gasteiger partial charge in [0.2, 0.25) is 0 Å². The van der Waals surface area contributed by atoms with Crippen molar-refractivity contribution in [2.75, 3.05) is 0 Å². The van der Waals surface area contributed by atoms with Crippen molar-refractivity contribution in [3.63, 3.8) is 0 Å². The van der Waals surface area contributed by atoms with E-state index in [9.17, 15) is 36.2 Å². The topological polar surface area (TPSA) is 46.5 Å². The van der Waals surface area contributed by atoms with Gasteiger partial charge in [-0.05, 0) is 44.4 Å². The number of aliphatic hydroxyl groups is 1. The molecule has 0 fully saturated rings. The Hall–Kier alpha value is -0.990. The first-order chi connectivity index (χ1) is 11.9. The highest BCUT2D eigenvalue weighted by molar-refractivity contribution is 5.78. The molecule has 0 aromatic heterocycles. The van der Waals surface area contributed by atoms with Crippen molar-refractivity contribution in [3.05, 3.63) is 0 Å². The van der Waals surface area contributed by atoms with Gasteiger partial charge in [-0.1, -0.05) is 41.5 Å². The van der Waals surface area contributed by atoms with Crippen LogP contribution in [0, 0.1) is 16.2 Å². The van der Waals surface area contributed by atoms with Crippen molar-refractivity contribution >= 4 is 5.97 Å². The molecule has 0 saturated heterocycles. The Kier molecular flexibility index (Phi) is 7.10. The lowest BCUT2D eigenvalue weighted by Crippen LogP contribution is -2.70. The molecule has 0 bridgehead atoms. The summed E-state index contributed by atoms with van der Waals surface area (Å²) in [7, 11) is 0. The average Bonchev–Trinajstić information content (AvgIpc) is 2.40. The van der Waals surface area contributed by atoms with Gasteiger partial charge in [-0.2, -0.15) is 26.3 Å². The van der Waals surface area contributed by atoms with Crippen molar-refractivity contribution < 1.29 is 41.0 Å². The minimum Gasteiger partial charge on any atom is -0.455 e. The predicted octanol–water partition coefficient (Wildman–Crippen LogP) is 6.04. The Balaban J connectivity index is 6.35. The largest absolute Gasteiger partial charge is 0.455 e. The summed E-state index contributed by atoms with van der Waals surface area (Å²) >= 11 is 0. The minimum absolute atomic E-state index is 0.159. The molecule has 0 rings (SSSR count). The zero-order valence-corrected chi connectivity index (χ0v) is 17.9. The van der Waals surface area contributed by atoms with E-state index in [-0.39, 0.29) is 6.42 Å². The Bertz CT molecular complexity index is 556. The molecule has 0 amide bonds. The summed E-state index contributed by atoms with van der Waals surface area (Å²) in [6.07, 6.45) is -11.6. The lowest BCUT2D eigenvalue weighted by molar-refractivity contribution is -0.408. The summed E-state index contributed by atoms with van der Waals surface area (Å²) < 4.78 is 84.3. The molecule has 1 N–H and O–H groups in total. The molecule has 0 aromatic carbocycles. The van der Waals surface area contributed by atoms with Gasteiger partial charge in [0, 0.05) is 0 Å². The number of hydrogen-bond acceptors (Lipinski definition) is 3. The summed E-state index contributed by atoms with van der Waals surface area (Å²) in [5.41, 5.74) is -11.2. The number of alkyl halides is 6. The monoisotopic (exact) mass is 422 g/mol. The van der Waals surface area contributed by atoms with Crippen LogP contribution in [0.4, 0.5) is 26.3 Å². The molecule has 0 heterocycles. The molecule has 0 spiro atoms. The van der Waals surface area contributed by atoms with Gasteiger partial charge in [0.15, 0.2) is 5.60 Å². The van der Waals surface area contributed by atoms with Gasteiger partial charge in [0.25, 0.3) is 5.60 Å². The van der Waals surface area contributed by atoms with Crippen molar-refractivity contribution in [3.8, 4) is 0 Å². The van der Waals surface area contributed by atoms with Crippen molar-refractivity contribution in [1.29, 1.82) is 0 Å². The summed E-state index contributed by atoms with van der Waals surface area (Å²) in [6, 6.07) is 0. The second-order valence-corrected chi connectivity index (χ2v) is 9.91. The van der Waals surface area contributed by atoms with E-state index in [1.165, 1.54) is 6.92 Å². The molecule has 1 atom stereocenters. The first kappa shape index (κ1) is 27.0. The molecule has 0 aliphatic carbocycles. The van der Waals surface area contributed by atoms with Crippen LogP contribution >= 0.6 is 0 Å². The van der Waals surface area contributed by atoms with Gasteiger partial charge in [-0.15, -0.1) is 0 Å². The maximum atomic E-state index is 13.3. The number of rotatable bonds is 6. The van der Waals surface area contributed by atoms with Gasteiger partial charge in [-0.3, -0.25) is 4.79 Å². The van der Waals surface area contributed by atoms with E-state index in [1.54, 1.807) is 41.5 Å². The Morgan fingerprint density at radius 1 is 0.821 bits per heavy atom. The van der Waals surface area contributed by atoms with Crippen molar-refractivity contribution in [2.45, 2.75) is 98.7 Å². The molecule has 0 aliphatic heterocycles. The number of esters is 1. The van der Waals surface area contributed by atoms with Crippen LogP contribution in [0.1, 0.15) is 75.2 Å². The number of halogens is 6. The van der Waals surface area contributed by atoms with E-state index in [1.807, 2.05) is 0 Å². The minimum atomic E-state index is -6.10. The van der Waals surface area contributed by atoms with E-state index in [0.29, 0.717) is 20.3 Å². The lowest BCUT2D eigenvalue weighted by atomic mass is 9.59. The van der Waals surface area contributed by atoms with E-state index < -0.39 is 45.8 Å². The fraction of sp³-hybridized carbons (Fsp3) is 0.947. The van der Waals surface area contributed by atoms with Crippen LogP contribution in [0.25, 0.3) is 0 Å². The van der Waals surface area contributed by atoms with E-state index in [4.69, 9.17) is 4.74 Å². The Morgan fingerprint density at radius 3 is 1.43 bits per heavy atom. The first-order valence-corrected chi connectivity index (χ1v) is 8.99. The van der Waals surface area contributed by atoms with Gasteiger partial charge < -0.3 is 9.84 Å². The zero-order chi connectivity index (χ0) is 23.2. The third-order valence-electron chi connectivity index (χ3n) is 5.75. The van der Waals surface area contributed by atoms with E-state index >= 15 is 0 Å². The maximum Gasteiger partial charge on any atom is 0.430 e. The Morgan fingerprint density at radius 2 is 1.18 bits per heavy atom. The highest BCUT2D eigenvalue weighted by Gasteiger charge is 2.79. The molecule has 1 unspecified atom stereocenters. The van der Waals surface area contributed by atoms with Crippen LogP contribution in [0.5, 0.6) is 0 Å². The smallest absolute Gasteiger partial charge is 0.430 e. The second-order valence-electron chi connectivity index (χ2n) is 9.91. The van der Waals surface area contributed by atoms with Crippen LogP contribution in [-0.4, -0.2) is 34.6 Å². The summed E-state index contributed by atoms with van der Waals surface area (Å²) in [5, 5.41) is 9.69. The maximum absolute atomic E-state index is 13.3. The molecule has 3 nitrogen and oxygen atoms in total. The summed E-state index contributed by atoms with van der Waals surface area (Å²) in [5.74, 6) is -1.22. The molecule has 0 aromatic rings.